The van der Waals surface area contributed by atoms with Gasteiger partial charge in [0.25, 0.3) is 10.0 Å². The maximum atomic E-state index is 12.6. The maximum absolute atomic E-state index is 12.6. The van der Waals surface area contributed by atoms with Gasteiger partial charge in [0, 0.05) is 30.1 Å². The second-order valence-corrected chi connectivity index (χ2v) is 9.19. The number of hydrogen-bond acceptors (Lipinski definition) is 7. The third kappa shape index (κ3) is 5.38. The normalized spacial score (nSPS) is 11.1. The number of aromatic nitrogens is 4. The van der Waals surface area contributed by atoms with Gasteiger partial charge in [-0.2, -0.15) is 5.10 Å². The molecule has 4 rings (SSSR count). The van der Waals surface area contributed by atoms with Crippen LogP contribution in [-0.4, -0.2) is 34.3 Å². The molecule has 2 N–H and O–H groups in total. The highest BCUT2D eigenvalue weighted by Crippen LogP contribution is 2.24. The summed E-state index contributed by atoms with van der Waals surface area (Å²) >= 11 is 0. The van der Waals surface area contributed by atoms with E-state index in [1.54, 1.807) is 41.1 Å². The summed E-state index contributed by atoms with van der Waals surface area (Å²) in [4.78, 5) is 11.2. The van der Waals surface area contributed by atoms with Gasteiger partial charge in [0.05, 0.1) is 10.6 Å². The second-order valence-electron chi connectivity index (χ2n) is 7.51. The Morgan fingerprint density at radius 1 is 0.912 bits per heavy atom. The van der Waals surface area contributed by atoms with Crippen LogP contribution in [-0.2, 0) is 14.8 Å². The topological polar surface area (TPSA) is 128 Å². The van der Waals surface area contributed by atoms with Crippen LogP contribution in [0.5, 0.6) is 11.6 Å². The summed E-state index contributed by atoms with van der Waals surface area (Å²) < 4.78 is 35.2. The average Bonchev–Trinajstić information content (AvgIpc) is 3.13. The molecule has 4 aromatic rings. The fourth-order valence-electron chi connectivity index (χ4n) is 3.19. The van der Waals surface area contributed by atoms with E-state index in [0.29, 0.717) is 22.9 Å². The molecular formula is C23H22N6O4S. The summed E-state index contributed by atoms with van der Waals surface area (Å²) in [5.41, 5.74) is 2.71. The Hall–Kier alpha value is -4.25. The standard InChI is InChI=1S/C23H22N6O4S/c1-15-14-16(2)29(27-15)22-12-13-23(26-25-22)33-20-8-4-19(5-9-20)28-34(31,32)21-10-6-18(7-11-21)24-17(3)30/h4-14,28H,1-3H3,(H,24,30). The van der Waals surface area contributed by atoms with Gasteiger partial charge in [0.2, 0.25) is 11.8 Å². The molecule has 2 aromatic heterocycles. The van der Waals surface area contributed by atoms with Crippen LogP contribution in [0.15, 0.2) is 71.6 Å². The number of sulfonamides is 1. The van der Waals surface area contributed by atoms with Gasteiger partial charge in [0.1, 0.15) is 5.75 Å². The quantitative estimate of drug-likeness (QED) is 0.413. The molecule has 0 atom stereocenters. The molecule has 174 valence electrons. The number of rotatable bonds is 7. The highest BCUT2D eigenvalue weighted by atomic mass is 32.2. The van der Waals surface area contributed by atoms with Crippen molar-refractivity contribution in [3.8, 4) is 17.4 Å². The zero-order valence-electron chi connectivity index (χ0n) is 18.7. The molecule has 2 heterocycles. The number of aryl methyl sites for hydroxylation is 2. The van der Waals surface area contributed by atoms with E-state index in [-0.39, 0.29) is 16.7 Å². The number of nitrogens with zero attached hydrogens (tertiary/aromatic N) is 4. The molecule has 11 heteroatoms. The van der Waals surface area contributed by atoms with Crippen molar-refractivity contribution in [1.29, 1.82) is 0 Å². The van der Waals surface area contributed by atoms with Crippen molar-refractivity contribution in [2.75, 3.05) is 10.0 Å². The van der Waals surface area contributed by atoms with Crippen molar-refractivity contribution >= 4 is 27.3 Å². The summed E-state index contributed by atoms with van der Waals surface area (Å²) in [6.45, 7) is 5.22. The van der Waals surface area contributed by atoms with Crippen LogP contribution in [0.25, 0.3) is 5.82 Å². The molecule has 10 nitrogen and oxygen atoms in total. The van der Waals surface area contributed by atoms with E-state index in [1.165, 1.54) is 31.2 Å². The number of benzene rings is 2. The summed E-state index contributed by atoms with van der Waals surface area (Å²) in [5.74, 6) is 1.10. The molecule has 0 unspecified atom stereocenters. The van der Waals surface area contributed by atoms with Gasteiger partial charge >= 0.3 is 0 Å². The Kier molecular flexibility index (Phi) is 6.28. The molecule has 1 amide bonds. The minimum absolute atomic E-state index is 0.0694. The third-order valence-corrected chi connectivity index (χ3v) is 6.06. The molecule has 0 aliphatic heterocycles. The molecule has 0 aliphatic rings. The first-order valence-electron chi connectivity index (χ1n) is 10.3. The van der Waals surface area contributed by atoms with Crippen LogP contribution in [0, 0.1) is 13.8 Å². The first-order valence-corrected chi connectivity index (χ1v) is 11.7. The molecule has 34 heavy (non-hydrogen) atoms. The van der Waals surface area contributed by atoms with Gasteiger partial charge in [-0.1, -0.05) is 0 Å². The molecule has 0 spiro atoms. The maximum Gasteiger partial charge on any atom is 0.261 e. The van der Waals surface area contributed by atoms with Crippen LogP contribution < -0.4 is 14.8 Å². The first kappa shape index (κ1) is 22.9. The zero-order chi connectivity index (χ0) is 24.3. The SMILES string of the molecule is CC(=O)Nc1ccc(S(=O)(=O)Nc2ccc(Oc3ccc(-n4nc(C)cc4C)nn3)cc2)cc1. The number of nitrogens with one attached hydrogen (secondary N) is 2. The average molecular weight is 479 g/mol. The lowest BCUT2D eigenvalue weighted by atomic mass is 10.3. The molecule has 0 radical (unpaired) electrons. The van der Waals surface area contributed by atoms with E-state index in [1.807, 2.05) is 19.9 Å². The van der Waals surface area contributed by atoms with Crippen molar-refractivity contribution in [2.45, 2.75) is 25.7 Å². The summed E-state index contributed by atoms with van der Waals surface area (Å²) in [7, 11) is -3.80. The van der Waals surface area contributed by atoms with E-state index in [4.69, 9.17) is 4.74 Å². The van der Waals surface area contributed by atoms with Gasteiger partial charge in [-0.3, -0.25) is 9.52 Å². The largest absolute Gasteiger partial charge is 0.438 e. The molecule has 0 bridgehead atoms. The fourth-order valence-corrected chi connectivity index (χ4v) is 4.25. The number of amides is 1. The van der Waals surface area contributed by atoms with Gasteiger partial charge in [-0.15, -0.1) is 10.2 Å². The number of carbonyl (C=O) groups excluding carboxylic acids is 1. The fraction of sp³-hybridized carbons (Fsp3) is 0.130. The zero-order valence-corrected chi connectivity index (χ0v) is 19.5. The Morgan fingerprint density at radius 3 is 2.15 bits per heavy atom. The number of carbonyl (C=O) groups is 1. The molecule has 0 saturated heterocycles. The first-order chi connectivity index (χ1) is 16.2. The summed E-state index contributed by atoms with van der Waals surface area (Å²) in [5, 5.41) is 15.2. The van der Waals surface area contributed by atoms with Crippen LogP contribution in [0.4, 0.5) is 11.4 Å². The van der Waals surface area contributed by atoms with E-state index in [2.05, 4.69) is 25.3 Å². The van der Waals surface area contributed by atoms with E-state index in [9.17, 15) is 13.2 Å². The predicted octanol–water partition coefficient (Wildman–Crippen LogP) is 3.83. The molecule has 0 aliphatic carbocycles. The van der Waals surface area contributed by atoms with E-state index in [0.717, 1.165) is 11.4 Å². The Labute approximate surface area is 196 Å². The number of anilines is 2. The Balaban J connectivity index is 1.41. The van der Waals surface area contributed by atoms with Crippen molar-refractivity contribution in [3.05, 3.63) is 78.1 Å². The number of ether oxygens (including phenoxy) is 1. The van der Waals surface area contributed by atoms with Crippen LogP contribution in [0.3, 0.4) is 0 Å². The summed E-state index contributed by atoms with van der Waals surface area (Å²) in [6.07, 6.45) is 0. The lowest BCUT2D eigenvalue weighted by molar-refractivity contribution is -0.114. The van der Waals surface area contributed by atoms with Gasteiger partial charge in [0.15, 0.2) is 5.82 Å². The second kappa shape index (κ2) is 9.32. The van der Waals surface area contributed by atoms with Crippen LogP contribution in [0.1, 0.15) is 18.3 Å². The van der Waals surface area contributed by atoms with Gasteiger partial charge in [-0.25, -0.2) is 13.1 Å². The minimum atomic E-state index is -3.80. The van der Waals surface area contributed by atoms with Crippen molar-refractivity contribution < 1.29 is 17.9 Å². The van der Waals surface area contributed by atoms with Gasteiger partial charge < -0.3 is 10.1 Å². The van der Waals surface area contributed by atoms with Crippen molar-refractivity contribution in [3.63, 3.8) is 0 Å². The Morgan fingerprint density at radius 2 is 1.59 bits per heavy atom. The molecule has 0 saturated carbocycles. The van der Waals surface area contributed by atoms with E-state index >= 15 is 0 Å². The highest BCUT2D eigenvalue weighted by Gasteiger charge is 2.14. The molecule has 2 aromatic carbocycles. The highest BCUT2D eigenvalue weighted by molar-refractivity contribution is 7.92. The molecule has 0 fully saturated rings. The lowest BCUT2D eigenvalue weighted by Crippen LogP contribution is -2.13. The smallest absolute Gasteiger partial charge is 0.261 e. The minimum Gasteiger partial charge on any atom is -0.438 e. The monoisotopic (exact) mass is 478 g/mol. The Bertz CT molecular complexity index is 1410. The lowest BCUT2D eigenvalue weighted by Gasteiger charge is -2.10. The predicted molar refractivity (Wildman–Crippen MR) is 127 cm³/mol. The van der Waals surface area contributed by atoms with Crippen molar-refractivity contribution in [2.24, 2.45) is 0 Å². The van der Waals surface area contributed by atoms with Gasteiger partial charge in [-0.05, 0) is 74.5 Å². The van der Waals surface area contributed by atoms with Crippen molar-refractivity contribution in [1.82, 2.24) is 20.0 Å². The molecular weight excluding hydrogens is 456 g/mol. The summed E-state index contributed by atoms with van der Waals surface area (Å²) in [6, 6.07) is 17.7. The third-order valence-electron chi connectivity index (χ3n) is 4.67. The van der Waals surface area contributed by atoms with Crippen LogP contribution in [0.2, 0.25) is 0 Å². The van der Waals surface area contributed by atoms with Crippen LogP contribution >= 0.6 is 0 Å². The van der Waals surface area contributed by atoms with E-state index < -0.39 is 10.0 Å². The number of hydrogen-bond donors (Lipinski definition) is 2.